The van der Waals surface area contributed by atoms with Crippen LogP contribution in [0.15, 0.2) is 18.2 Å². The number of ether oxygens (including phenoxy) is 4. The lowest BCUT2D eigenvalue weighted by Gasteiger charge is -2.36. The number of aliphatic carboxylic acids is 1. The summed E-state index contributed by atoms with van der Waals surface area (Å²) < 4.78 is 21.6. The molecule has 2 unspecified atom stereocenters. The smallest absolute Gasteiger partial charge is 0.341 e. The monoisotopic (exact) mass is 367 g/mol. The van der Waals surface area contributed by atoms with Crippen molar-refractivity contribution >= 4 is 11.9 Å². The highest BCUT2D eigenvalue weighted by atomic mass is 16.5. The first-order valence-electron chi connectivity index (χ1n) is 8.49. The summed E-state index contributed by atoms with van der Waals surface area (Å²) in [5.41, 5.74) is 0.446. The summed E-state index contributed by atoms with van der Waals surface area (Å²) in [6.07, 6.45) is -0.255. The third kappa shape index (κ3) is 5.34. The number of rotatable bonds is 8. The van der Waals surface area contributed by atoms with Crippen molar-refractivity contribution in [3.63, 3.8) is 0 Å². The molecule has 0 aliphatic carbocycles. The molecule has 2 atom stereocenters. The predicted octanol–water partition coefficient (Wildman–Crippen LogP) is 1.42. The van der Waals surface area contributed by atoms with E-state index in [1.165, 1.54) is 0 Å². The zero-order valence-corrected chi connectivity index (χ0v) is 15.3. The van der Waals surface area contributed by atoms with Gasteiger partial charge in [-0.3, -0.25) is 4.79 Å². The Morgan fingerprint density at radius 3 is 2.69 bits per heavy atom. The van der Waals surface area contributed by atoms with E-state index in [-0.39, 0.29) is 18.1 Å². The molecule has 1 heterocycles. The fraction of sp³-hybridized carbons (Fsp3) is 0.556. The van der Waals surface area contributed by atoms with Gasteiger partial charge in [-0.05, 0) is 32.0 Å². The maximum atomic E-state index is 12.9. The van der Waals surface area contributed by atoms with Crippen molar-refractivity contribution in [2.75, 3.05) is 40.0 Å². The molecule has 1 aliphatic rings. The normalized spacial score (nSPS) is 19.9. The van der Waals surface area contributed by atoms with E-state index in [1.54, 1.807) is 37.1 Å². The van der Waals surface area contributed by atoms with Crippen molar-refractivity contribution in [1.29, 1.82) is 0 Å². The van der Waals surface area contributed by atoms with Crippen LogP contribution in [0.4, 0.5) is 0 Å². The van der Waals surface area contributed by atoms with Crippen LogP contribution in [-0.2, 0) is 14.3 Å². The van der Waals surface area contributed by atoms with Crippen LogP contribution in [0.3, 0.4) is 0 Å². The molecule has 0 radical (unpaired) electrons. The summed E-state index contributed by atoms with van der Waals surface area (Å²) in [6, 6.07) is 4.74. The molecule has 1 N–H and O–H groups in total. The van der Waals surface area contributed by atoms with Crippen LogP contribution in [0.5, 0.6) is 11.5 Å². The van der Waals surface area contributed by atoms with Crippen molar-refractivity contribution in [3.05, 3.63) is 23.8 Å². The molecular formula is C18H25NO7. The molecule has 1 saturated heterocycles. The summed E-state index contributed by atoms with van der Waals surface area (Å²) in [5.74, 6) is -0.598. The third-order valence-electron chi connectivity index (χ3n) is 3.81. The molecular weight excluding hydrogens is 342 g/mol. The zero-order chi connectivity index (χ0) is 19.1. The Balaban J connectivity index is 2.16. The Morgan fingerprint density at radius 1 is 1.27 bits per heavy atom. The predicted molar refractivity (Wildman–Crippen MR) is 92.9 cm³/mol. The standard InChI is InChI=1S/C18H25NO7/c1-4-24-16-7-13(5-6-15(16)25-11-17(20)21)18(22)19-8-12(2)26-14(9-19)10-23-3/h5-7,12,14H,4,8-11H2,1-3H3,(H,20,21). The van der Waals surface area contributed by atoms with Crippen LogP contribution in [0.25, 0.3) is 0 Å². The summed E-state index contributed by atoms with van der Waals surface area (Å²) >= 11 is 0. The summed E-state index contributed by atoms with van der Waals surface area (Å²) in [7, 11) is 1.60. The number of carbonyl (C=O) groups is 2. The number of carboxylic acid groups (broad SMARTS) is 1. The molecule has 0 saturated carbocycles. The van der Waals surface area contributed by atoms with Crippen molar-refractivity contribution in [2.45, 2.75) is 26.1 Å². The summed E-state index contributed by atoms with van der Waals surface area (Å²) in [4.78, 5) is 25.3. The van der Waals surface area contributed by atoms with E-state index in [2.05, 4.69) is 0 Å². The van der Waals surface area contributed by atoms with Crippen LogP contribution in [0.2, 0.25) is 0 Å². The molecule has 8 nitrogen and oxygen atoms in total. The van der Waals surface area contributed by atoms with Crippen LogP contribution in [0, 0.1) is 0 Å². The first kappa shape index (κ1) is 20.0. The van der Waals surface area contributed by atoms with Gasteiger partial charge in [-0.1, -0.05) is 0 Å². The average molecular weight is 367 g/mol. The second-order valence-corrected chi connectivity index (χ2v) is 6.01. The van der Waals surface area contributed by atoms with Gasteiger partial charge >= 0.3 is 5.97 Å². The quantitative estimate of drug-likeness (QED) is 0.742. The van der Waals surface area contributed by atoms with E-state index >= 15 is 0 Å². The van der Waals surface area contributed by atoms with Gasteiger partial charge < -0.3 is 29.0 Å². The van der Waals surface area contributed by atoms with Gasteiger partial charge in [-0.25, -0.2) is 4.79 Å². The SMILES string of the molecule is CCOc1cc(C(=O)N2CC(C)OC(COC)C2)ccc1OCC(=O)O. The van der Waals surface area contributed by atoms with Crippen LogP contribution in [0.1, 0.15) is 24.2 Å². The van der Waals surface area contributed by atoms with E-state index in [9.17, 15) is 9.59 Å². The lowest BCUT2D eigenvalue weighted by atomic mass is 10.1. The summed E-state index contributed by atoms with van der Waals surface area (Å²) in [6.45, 7) is 4.95. The highest BCUT2D eigenvalue weighted by Crippen LogP contribution is 2.29. The number of carbonyl (C=O) groups excluding carboxylic acids is 1. The van der Waals surface area contributed by atoms with E-state index in [0.717, 1.165) is 0 Å². The number of hydrogen-bond acceptors (Lipinski definition) is 6. The molecule has 2 rings (SSSR count). The minimum atomic E-state index is -1.08. The van der Waals surface area contributed by atoms with Crippen LogP contribution < -0.4 is 9.47 Å². The minimum absolute atomic E-state index is 0.0858. The van der Waals surface area contributed by atoms with Gasteiger partial charge in [-0.15, -0.1) is 0 Å². The van der Waals surface area contributed by atoms with Gasteiger partial charge in [0, 0.05) is 25.8 Å². The van der Waals surface area contributed by atoms with Crippen LogP contribution in [-0.4, -0.2) is 74.1 Å². The first-order chi connectivity index (χ1) is 12.4. The minimum Gasteiger partial charge on any atom is -0.490 e. The molecule has 8 heteroatoms. The Bertz CT molecular complexity index is 634. The molecule has 0 aromatic heterocycles. The van der Waals surface area contributed by atoms with Crippen LogP contribution >= 0.6 is 0 Å². The maximum absolute atomic E-state index is 12.9. The Morgan fingerprint density at radius 2 is 2.04 bits per heavy atom. The molecule has 0 bridgehead atoms. The highest BCUT2D eigenvalue weighted by Gasteiger charge is 2.29. The van der Waals surface area contributed by atoms with Gasteiger partial charge in [0.25, 0.3) is 5.91 Å². The second-order valence-electron chi connectivity index (χ2n) is 6.01. The third-order valence-corrected chi connectivity index (χ3v) is 3.81. The van der Waals surface area contributed by atoms with Gasteiger partial charge in [0.2, 0.25) is 0 Å². The van der Waals surface area contributed by atoms with E-state index in [0.29, 0.717) is 43.4 Å². The zero-order valence-electron chi connectivity index (χ0n) is 15.3. The summed E-state index contributed by atoms with van der Waals surface area (Å²) in [5, 5.41) is 8.75. The largest absolute Gasteiger partial charge is 0.490 e. The lowest BCUT2D eigenvalue weighted by molar-refractivity contribution is -0.139. The molecule has 1 amide bonds. The molecule has 144 valence electrons. The van der Waals surface area contributed by atoms with Crippen molar-refractivity contribution in [3.8, 4) is 11.5 Å². The number of carboxylic acids is 1. The fourth-order valence-electron chi connectivity index (χ4n) is 2.84. The number of amides is 1. The molecule has 1 aromatic carbocycles. The maximum Gasteiger partial charge on any atom is 0.341 e. The Kier molecular flexibility index (Phi) is 7.23. The first-order valence-corrected chi connectivity index (χ1v) is 8.49. The fourth-order valence-corrected chi connectivity index (χ4v) is 2.84. The molecule has 1 aliphatic heterocycles. The second kappa shape index (κ2) is 9.40. The van der Waals surface area contributed by atoms with E-state index in [1.807, 2.05) is 6.92 Å². The highest BCUT2D eigenvalue weighted by molar-refractivity contribution is 5.95. The molecule has 26 heavy (non-hydrogen) atoms. The number of benzene rings is 1. The van der Waals surface area contributed by atoms with E-state index in [4.69, 9.17) is 24.1 Å². The van der Waals surface area contributed by atoms with Crippen molar-refractivity contribution in [2.24, 2.45) is 0 Å². The molecule has 1 aromatic rings. The van der Waals surface area contributed by atoms with Gasteiger partial charge in [0.1, 0.15) is 0 Å². The van der Waals surface area contributed by atoms with Crippen molar-refractivity contribution in [1.82, 2.24) is 4.90 Å². The van der Waals surface area contributed by atoms with Gasteiger partial charge in [0.05, 0.1) is 25.4 Å². The van der Waals surface area contributed by atoms with E-state index < -0.39 is 12.6 Å². The van der Waals surface area contributed by atoms with Gasteiger partial charge in [-0.2, -0.15) is 0 Å². The lowest BCUT2D eigenvalue weighted by Crippen LogP contribution is -2.50. The Labute approximate surface area is 152 Å². The Hall–Kier alpha value is -2.32. The van der Waals surface area contributed by atoms with Crippen molar-refractivity contribution < 1.29 is 33.6 Å². The topological polar surface area (TPSA) is 94.5 Å². The molecule has 1 fully saturated rings. The van der Waals surface area contributed by atoms with Gasteiger partial charge in [0.15, 0.2) is 18.1 Å². The number of morpholine rings is 1. The molecule has 0 spiro atoms. The number of hydrogen-bond donors (Lipinski definition) is 1. The average Bonchev–Trinajstić information content (AvgIpc) is 2.60. The number of methoxy groups -OCH3 is 1. The number of nitrogens with zero attached hydrogens (tertiary/aromatic N) is 1.